The monoisotopic (exact) mass is 498 g/mol. The summed E-state index contributed by atoms with van der Waals surface area (Å²) >= 11 is 3.51. The molecule has 2 aromatic rings. The molecule has 3 N–H and O–H groups in total. The van der Waals surface area contributed by atoms with Gasteiger partial charge in [-0.25, -0.2) is 4.79 Å². The molecule has 0 bridgehead atoms. The number of hydrogen-bond acceptors (Lipinski definition) is 4. The van der Waals surface area contributed by atoms with Gasteiger partial charge in [-0.15, -0.1) is 0 Å². The van der Waals surface area contributed by atoms with Crippen LogP contribution in [0, 0.1) is 0 Å². The number of fused-ring (bicyclic) bond motifs is 2. The van der Waals surface area contributed by atoms with Crippen molar-refractivity contribution in [1.82, 2.24) is 20.9 Å². The van der Waals surface area contributed by atoms with Crippen LogP contribution in [0.1, 0.15) is 29.7 Å². The Hall–Kier alpha value is -3.33. The van der Waals surface area contributed by atoms with E-state index < -0.39 is 6.04 Å². The molecule has 8 nitrogen and oxygen atoms in total. The smallest absolute Gasteiger partial charge is 0.320 e. The van der Waals surface area contributed by atoms with Crippen LogP contribution in [0.5, 0.6) is 5.75 Å². The summed E-state index contributed by atoms with van der Waals surface area (Å²) in [5, 5.41) is 8.51. The normalized spacial score (nSPS) is 17.4. The van der Waals surface area contributed by atoms with Crippen LogP contribution < -0.4 is 20.7 Å². The van der Waals surface area contributed by atoms with Crippen molar-refractivity contribution < 1.29 is 19.1 Å². The lowest BCUT2D eigenvalue weighted by molar-refractivity contribution is -0.132. The Morgan fingerprint density at radius 3 is 2.72 bits per heavy atom. The second-order valence-electron chi connectivity index (χ2n) is 7.64. The largest absolute Gasteiger partial charge is 0.496 e. The summed E-state index contributed by atoms with van der Waals surface area (Å²) in [4.78, 5) is 38.6. The third-order valence-corrected chi connectivity index (χ3v) is 6.16. The topological polar surface area (TPSA) is 99.8 Å². The van der Waals surface area contributed by atoms with Gasteiger partial charge in [-0.1, -0.05) is 30.3 Å². The van der Waals surface area contributed by atoms with Crippen molar-refractivity contribution >= 4 is 39.5 Å². The molecule has 2 aliphatic heterocycles. The number of ether oxygens (including phenoxy) is 1. The number of nitrogens with one attached hydrogen (secondary N) is 3. The first-order valence-electron chi connectivity index (χ1n) is 10.1. The van der Waals surface area contributed by atoms with Crippen molar-refractivity contribution in [3.63, 3.8) is 0 Å². The van der Waals surface area contributed by atoms with Crippen LogP contribution in [-0.2, 0) is 16.1 Å². The van der Waals surface area contributed by atoms with Gasteiger partial charge in [0.25, 0.3) is 0 Å². The first-order valence-corrected chi connectivity index (χ1v) is 10.9. The Kier molecular flexibility index (Phi) is 6.18. The molecule has 32 heavy (non-hydrogen) atoms. The second kappa shape index (κ2) is 9.04. The van der Waals surface area contributed by atoms with Crippen LogP contribution in [-0.4, -0.2) is 42.9 Å². The number of benzene rings is 2. The number of methoxy groups -OCH3 is 1. The van der Waals surface area contributed by atoms with Crippen LogP contribution in [0.25, 0.3) is 5.70 Å². The number of urea groups is 1. The fourth-order valence-corrected chi connectivity index (χ4v) is 4.57. The van der Waals surface area contributed by atoms with E-state index in [2.05, 4.69) is 31.9 Å². The second-order valence-corrected chi connectivity index (χ2v) is 8.50. The Balaban J connectivity index is 1.79. The zero-order chi connectivity index (χ0) is 22.8. The van der Waals surface area contributed by atoms with E-state index in [0.29, 0.717) is 24.5 Å². The van der Waals surface area contributed by atoms with Crippen molar-refractivity contribution in [3.8, 4) is 5.75 Å². The van der Waals surface area contributed by atoms with Crippen LogP contribution in [0.2, 0.25) is 0 Å². The minimum atomic E-state index is -0.442. The molecule has 2 heterocycles. The predicted molar refractivity (Wildman–Crippen MR) is 123 cm³/mol. The summed E-state index contributed by atoms with van der Waals surface area (Å²) in [6, 6.07) is 12.6. The van der Waals surface area contributed by atoms with Crippen molar-refractivity contribution in [2.75, 3.05) is 20.2 Å². The zero-order valence-electron chi connectivity index (χ0n) is 17.7. The van der Waals surface area contributed by atoms with Gasteiger partial charge in [-0.05, 0) is 39.2 Å². The lowest BCUT2D eigenvalue weighted by Crippen LogP contribution is -2.46. The minimum Gasteiger partial charge on any atom is -0.496 e. The average molecular weight is 499 g/mol. The van der Waals surface area contributed by atoms with E-state index in [0.717, 1.165) is 26.7 Å². The summed E-state index contributed by atoms with van der Waals surface area (Å²) in [6.07, 6.45) is 0. The summed E-state index contributed by atoms with van der Waals surface area (Å²) in [5.41, 5.74) is 4.22. The number of carbonyl (C=O) groups is 3. The SMILES string of the molecule is COc1ccc(C2NC(=O)NC3=C2CN(C(=O)CNC(C)=O)Cc2ccccc23)cc1Br. The molecular weight excluding hydrogens is 476 g/mol. The van der Waals surface area contributed by atoms with E-state index in [9.17, 15) is 14.4 Å². The van der Waals surface area contributed by atoms with Gasteiger partial charge in [-0.2, -0.15) is 0 Å². The number of amides is 4. The Bertz CT molecular complexity index is 1130. The number of nitrogens with zero attached hydrogens (tertiary/aromatic N) is 1. The van der Waals surface area contributed by atoms with Crippen molar-refractivity contribution in [3.05, 3.63) is 69.2 Å². The van der Waals surface area contributed by atoms with Gasteiger partial charge in [0, 0.05) is 31.1 Å². The Labute approximate surface area is 194 Å². The standard InChI is InChI=1S/C23H23BrN4O4/c1-13(29)25-10-20(30)28-11-15-5-3-4-6-16(15)22-17(12-28)21(26-23(31)27-22)14-7-8-19(32-2)18(24)9-14/h3-9,21H,10-12H2,1-2H3,(H,25,29)(H2,26,27,31). The summed E-state index contributed by atoms with van der Waals surface area (Å²) in [7, 11) is 1.59. The van der Waals surface area contributed by atoms with Crippen LogP contribution in [0.3, 0.4) is 0 Å². The number of halogens is 1. The molecule has 4 amide bonds. The molecule has 2 aromatic carbocycles. The molecule has 2 aliphatic rings. The highest BCUT2D eigenvalue weighted by molar-refractivity contribution is 9.10. The lowest BCUT2D eigenvalue weighted by atomic mass is 9.92. The van der Waals surface area contributed by atoms with E-state index in [1.165, 1.54) is 6.92 Å². The van der Waals surface area contributed by atoms with Crippen molar-refractivity contribution in [2.45, 2.75) is 19.5 Å². The number of rotatable bonds is 4. The van der Waals surface area contributed by atoms with Crippen LogP contribution in [0.4, 0.5) is 4.79 Å². The summed E-state index contributed by atoms with van der Waals surface area (Å²) in [6.45, 7) is 1.96. The van der Waals surface area contributed by atoms with Gasteiger partial charge in [0.1, 0.15) is 5.75 Å². The fraction of sp³-hybridized carbons (Fsp3) is 0.261. The van der Waals surface area contributed by atoms with Crippen molar-refractivity contribution in [2.24, 2.45) is 0 Å². The molecule has 0 radical (unpaired) electrons. The van der Waals surface area contributed by atoms with E-state index >= 15 is 0 Å². The van der Waals surface area contributed by atoms with E-state index in [-0.39, 0.29) is 24.4 Å². The van der Waals surface area contributed by atoms with E-state index in [1.54, 1.807) is 12.0 Å². The molecule has 0 aliphatic carbocycles. The maximum Gasteiger partial charge on any atom is 0.320 e. The van der Waals surface area contributed by atoms with Crippen molar-refractivity contribution in [1.29, 1.82) is 0 Å². The highest BCUT2D eigenvalue weighted by Gasteiger charge is 2.34. The van der Waals surface area contributed by atoms with Gasteiger partial charge < -0.3 is 25.6 Å². The first kappa shape index (κ1) is 21.9. The maximum absolute atomic E-state index is 12.9. The van der Waals surface area contributed by atoms with E-state index in [1.807, 2.05) is 42.5 Å². The molecule has 4 rings (SSSR count). The Morgan fingerprint density at radius 2 is 2.00 bits per heavy atom. The maximum atomic E-state index is 12.9. The molecule has 1 atom stereocenters. The van der Waals surface area contributed by atoms with Crippen LogP contribution >= 0.6 is 15.9 Å². The molecule has 0 saturated carbocycles. The molecule has 0 aromatic heterocycles. The highest BCUT2D eigenvalue weighted by Crippen LogP contribution is 2.37. The molecule has 0 spiro atoms. The fourth-order valence-electron chi connectivity index (χ4n) is 4.01. The highest BCUT2D eigenvalue weighted by atomic mass is 79.9. The first-order chi connectivity index (χ1) is 15.4. The summed E-state index contributed by atoms with van der Waals surface area (Å²) < 4.78 is 6.09. The lowest BCUT2D eigenvalue weighted by Gasteiger charge is -2.32. The molecule has 9 heteroatoms. The third-order valence-electron chi connectivity index (χ3n) is 5.54. The van der Waals surface area contributed by atoms with Gasteiger partial charge in [0.15, 0.2) is 0 Å². The number of hydrogen-bond donors (Lipinski definition) is 3. The quantitative estimate of drug-likeness (QED) is 0.603. The van der Waals surface area contributed by atoms with Gasteiger partial charge >= 0.3 is 6.03 Å². The molecule has 0 saturated heterocycles. The third kappa shape index (κ3) is 4.34. The predicted octanol–water partition coefficient (Wildman–Crippen LogP) is 2.70. The molecule has 0 fully saturated rings. The number of carbonyl (C=O) groups excluding carboxylic acids is 3. The molecule has 1 unspecified atom stereocenters. The summed E-state index contributed by atoms with van der Waals surface area (Å²) in [5.74, 6) is 0.220. The molecule has 166 valence electrons. The van der Waals surface area contributed by atoms with E-state index in [4.69, 9.17) is 4.74 Å². The molecular formula is C23H23BrN4O4. The average Bonchev–Trinajstić information content (AvgIpc) is 2.94. The minimum absolute atomic E-state index is 0.0847. The van der Waals surface area contributed by atoms with Gasteiger partial charge in [0.05, 0.1) is 29.9 Å². The van der Waals surface area contributed by atoms with Crippen LogP contribution in [0.15, 0.2) is 52.5 Å². The van der Waals surface area contributed by atoms with Gasteiger partial charge in [-0.3, -0.25) is 9.59 Å². The Morgan fingerprint density at radius 1 is 1.22 bits per heavy atom. The zero-order valence-corrected chi connectivity index (χ0v) is 19.3. The van der Waals surface area contributed by atoms with Gasteiger partial charge in [0.2, 0.25) is 11.8 Å².